The van der Waals surface area contributed by atoms with Crippen molar-refractivity contribution in [3.05, 3.63) is 39.9 Å². The predicted octanol–water partition coefficient (Wildman–Crippen LogP) is 3.55. The van der Waals surface area contributed by atoms with E-state index in [4.69, 9.17) is 25.8 Å². The molecule has 0 aliphatic heterocycles. The molecule has 128 valence electrons. The van der Waals surface area contributed by atoms with Crippen LogP contribution < -0.4 is 9.47 Å². The van der Waals surface area contributed by atoms with Gasteiger partial charge in [0.1, 0.15) is 12.2 Å². The molecule has 24 heavy (non-hydrogen) atoms. The molecule has 0 aliphatic carbocycles. The summed E-state index contributed by atoms with van der Waals surface area (Å²) in [4.78, 5) is 22.6. The molecule has 0 heterocycles. The van der Waals surface area contributed by atoms with E-state index in [0.29, 0.717) is 28.2 Å². The van der Waals surface area contributed by atoms with Crippen LogP contribution in [-0.2, 0) is 4.74 Å². The molecule has 0 amide bonds. The summed E-state index contributed by atoms with van der Waals surface area (Å²) >= 11 is 5.61. The van der Waals surface area contributed by atoms with Crippen molar-refractivity contribution in [2.24, 2.45) is 0 Å². The van der Waals surface area contributed by atoms with Crippen LogP contribution in [-0.4, -0.2) is 37.1 Å². The first kappa shape index (κ1) is 17.8. The van der Waals surface area contributed by atoms with Crippen molar-refractivity contribution in [1.82, 2.24) is 0 Å². The Bertz CT molecular complexity index is 777. The van der Waals surface area contributed by atoms with Crippen molar-refractivity contribution in [1.29, 1.82) is 0 Å². The number of carbonyl (C=O) groups excluding carboxylic acids is 1. The first-order valence-electron chi connectivity index (χ1n) is 7.17. The van der Waals surface area contributed by atoms with Crippen molar-refractivity contribution >= 4 is 34.0 Å². The Kier molecular flexibility index (Phi) is 5.81. The first-order chi connectivity index (χ1) is 11.5. The highest BCUT2D eigenvalue weighted by molar-refractivity contribution is 6.18. The molecule has 8 heteroatoms. The smallest absolute Gasteiger partial charge is 0.345 e. The predicted molar refractivity (Wildman–Crippen MR) is 89.3 cm³/mol. The molecule has 0 aromatic heterocycles. The zero-order valence-corrected chi connectivity index (χ0v) is 14.0. The average molecular weight is 354 g/mol. The lowest BCUT2D eigenvalue weighted by Gasteiger charge is -2.12. The number of halogens is 1. The molecule has 7 nitrogen and oxygen atoms in total. The van der Waals surface area contributed by atoms with Crippen LogP contribution in [0.3, 0.4) is 0 Å². The summed E-state index contributed by atoms with van der Waals surface area (Å²) in [6.45, 7) is 2.03. The quantitative estimate of drug-likeness (QED) is 0.327. The molecule has 0 bridgehead atoms. The van der Waals surface area contributed by atoms with Gasteiger partial charge in [-0.3, -0.25) is 10.1 Å². The number of carbonyl (C=O) groups is 1. The standard InChI is InChI=1S/C16H16ClNO6/c1-3-23-16(19)12-6-10-8-14(22-2)15(24-5-4-17)9-11(10)7-13(12)18(20)21/h6-9H,3-5H2,1-2H3. The Morgan fingerprint density at radius 2 is 1.88 bits per heavy atom. The van der Waals surface area contributed by atoms with Crippen LogP contribution in [0.5, 0.6) is 11.5 Å². The first-order valence-corrected chi connectivity index (χ1v) is 7.71. The molecular formula is C16H16ClNO6. The average Bonchev–Trinajstić information content (AvgIpc) is 2.57. The lowest BCUT2D eigenvalue weighted by atomic mass is 10.0. The minimum absolute atomic E-state index is 0.106. The number of fused-ring (bicyclic) bond motifs is 1. The van der Waals surface area contributed by atoms with E-state index in [2.05, 4.69) is 0 Å². The van der Waals surface area contributed by atoms with Crippen LogP contribution in [0.4, 0.5) is 5.69 Å². The van der Waals surface area contributed by atoms with Gasteiger partial charge in [-0.05, 0) is 35.9 Å². The maximum atomic E-state index is 12.0. The van der Waals surface area contributed by atoms with Gasteiger partial charge in [0.05, 0.1) is 24.5 Å². The number of esters is 1. The van der Waals surface area contributed by atoms with E-state index in [1.807, 2.05) is 0 Å². The van der Waals surface area contributed by atoms with Crippen molar-refractivity contribution in [3.8, 4) is 11.5 Å². The van der Waals surface area contributed by atoms with Crippen LogP contribution in [0.15, 0.2) is 24.3 Å². The number of hydrogen-bond acceptors (Lipinski definition) is 6. The van der Waals surface area contributed by atoms with Crippen LogP contribution in [0, 0.1) is 10.1 Å². The molecule has 0 spiro atoms. The fourth-order valence-electron chi connectivity index (χ4n) is 2.24. The molecule has 0 radical (unpaired) electrons. The van der Waals surface area contributed by atoms with Crippen molar-refractivity contribution < 1.29 is 23.9 Å². The number of nitro benzene ring substituents is 1. The van der Waals surface area contributed by atoms with Crippen LogP contribution in [0.1, 0.15) is 17.3 Å². The van der Waals surface area contributed by atoms with Gasteiger partial charge in [-0.1, -0.05) is 0 Å². The fraction of sp³-hybridized carbons (Fsp3) is 0.312. The molecule has 2 aromatic carbocycles. The van der Waals surface area contributed by atoms with Gasteiger partial charge >= 0.3 is 5.97 Å². The summed E-state index contributed by atoms with van der Waals surface area (Å²) in [7, 11) is 1.48. The number of benzene rings is 2. The van der Waals surface area contributed by atoms with Gasteiger partial charge in [-0.15, -0.1) is 11.6 Å². The summed E-state index contributed by atoms with van der Waals surface area (Å²) < 4.78 is 15.6. The lowest BCUT2D eigenvalue weighted by Crippen LogP contribution is -2.08. The third-order valence-corrected chi connectivity index (χ3v) is 3.42. The van der Waals surface area contributed by atoms with Gasteiger partial charge in [-0.25, -0.2) is 4.79 Å². The number of nitro groups is 1. The molecule has 0 saturated heterocycles. The Labute approximate surface area is 143 Å². The molecule has 2 aromatic rings. The second kappa shape index (κ2) is 7.83. The third kappa shape index (κ3) is 3.68. The van der Waals surface area contributed by atoms with Gasteiger partial charge in [-0.2, -0.15) is 0 Å². The third-order valence-electron chi connectivity index (χ3n) is 3.26. The van der Waals surface area contributed by atoms with Crippen molar-refractivity contribution in [2.75, 3.05) is 26.2 Å². The summed E-state index contributed by atoms with van der Waals surface area (Å²) in [5.41, 5.74) is -0.430. The molecule has 0 saturated carbocycles. The maximum absolute atomic E-state index is 12.0. The second-order valence-electron chi connectivity index (χ2n) is 4.73. The number of nitrogens with zero attached hydrogens (tertiary/aromatic N) is 1. The molecule has 0 N–H and O–H groups in total. The summed E-state index contributed by atoms with van der Waals surface area (Å²) in [5, 5.41) is 12.4. The van der Waals surface area contributed by atoms with Gasteiger partial charge in [0.15, 0.2) is 11.5 Å². The van der Waals surface area contributed by atoms with E-state index < -0.39 is 10.9 Å². The SMILES string of the molecule is CCOC(=O)c1cc2cc(OC)c(OCCCl)cc2cc1[N+](=O)[O-]. The lowest BCUT2D eigenvalue weighted by molar-refractivity contribution is -0.385. The highest BCUT2D eigenvalue weighted by Crippen LogP contribution is 2.35. The van der Waals surface area contributed by atoms with E-state index in [0.717, 1.165) is 0 Å². The normalized spacial score (nSPS) is 10.5. The minimum Gasteiger partial charge on any atom is -0.493 e. The van der Waals surface area contributed by atoms with Gasteiger partial charge < -0.3 is 14.2 Å². The molecule has 0 atom stereocenters. The molecule has 0 aliphatic rings. The van der Waals surface area contributed by atoms with Crippen molar-refractivity contribution in [2.45, 2.75) is 6.92 Å². The van der Waals surface area contributed by atoms with Crippen LogP contribution in [0.25, 0.3) is 10.8 Å². The molecular weight excluding hydrogens is 338 g/mol. The van der Waals surface area contributed by atoms with Gasteiger partial charge in [0, 0.05) is 6.07 Å². The van der Waals surface area contributed by atoms with Gasteiger partial charge in [0.2, 0.25) is 0 Å². The molecule has 2 rings (SSSR count). The number of hydrogen-bond donors (Lipinski definition) is 0. The van der Waals surface area contributed by atoms with Crippen molar-refractivity contribution in [3.63, 3.8) is 0 Å². The van der Waals surface area contributed by atoms with Crippen LogP contribution in [0.2, 0.25) is 0 Å². The summed E-state index contributed by atoms with van der Waals surface area (Å²) in [5.74, 6) is 0.413. The largest absolute Gasteiger partial charge is 0.493 e. The highest BCUT2D eigenvalue weighted by Gasteiger charge is 2.23. The number of ether oxygens (including phenoxy) is 3. The molecule has 0 fully saturated rings. The second-order valence-corrected chi connectivity index (χ2v) is 5.11. The van der Waals surface area contributed by atoms with Gasteiger partial charge in [0.25, 0.3) is 5.69 Å². The molecule has 0 unspecified atom stereocenters. The Morgan fingerprint density at radius 3 is 2.46 bits per heavy atom. The maximum Gasteiger partial charge on any atom is 0.345 e. The summed E-state index contributed by atoms with van der Waals surface area (Å²) in [6.07, 6.45) is 0. The fourth-order valence-corrected chi connectivity index (χ4v) is 2.32. The number of methoxy groups -OCH3 is 1. The van der Waals surface area contributed by atoms with E-state index in [-0.39, 0.29) is 24.5 Å². The Morgan fingerprint density at radius 1 is 1.21 bits per heavy atom. The number of alkyl halides is 1. The monoisotopic (exact) mass is 353 g/mol. The van der Waals surface area contributed by atoms with Crippen LogP contribution >= 0.6 is 11.6 Å². The highest BCUT2D eigenvalue weighted by atomic mass is 35.5. The zero-order valence-electron chi connectivity index (χ0n) is 13.2. The Balaban J connectivity index is 2.63. The van der Waals surface area contributed by atoms with E-state index in [9.17, 15) is 14.9 Å². The zero-order chi connectivity index (χ0) is 17.7. The van der Waals surface area contributed by atoms with E-state index in [1.165, 1.54) is 19.2 Å². The summed E-state index contributed by atoms with van der Waals surface area (Å²) in [6, 6.07) is 5.99. The Hall–Kier alpha value is -2.54. The number of rotatable bonds is 7. The van der Waals surface area contributed by atoms with E-state index in [1.54, 1.807) is 19.1 Å². The topological polar surface area (TPSA) is 87.9 Å². The minimum atomic E-state index is -0.743. The van der Waals surface area contributed by atoms with E-state index >= 15 is 0 Å².